The highest BCUT2D eigenvalue weighted by Crippen LogP contribution is 2.36. The van der Waals surface area contributed by atoms with Crippen molar-refractivity contribution >= 4 is 21.4 Å². The fourth-order valence-corrected chi connectivity index (χ4v) is 5.38. The number of rotatable bonds is 3. The van der Waals surface area contributed by atoms with Gasteiger partial charge in [0.1, 0.15) is 5.69 Å². The molecule has 1 fully saturated rings. The standard InChI is InChI=1S/C17H21N3O4S/c1-12-17(13(2)24-18-12)25(21,22)20-6-5-14-11-15(3-4-16(14)20)19-7-9-23-10-8-19/h3-4,11H,5-10H2,1-2H3. The van der Waals surface area contributed by atoms with Crippen molar-refractivity contribution in [3.05, 3.63) is 35.2 Å². The number of ether oxygens (including phenoxy) is 1. The molecule has 0 spiro atoms. The smallest absolute Gasteiger partial charge is 0.269 e. The van der Waals surface area contributed by atoms with Crippen molar-refractivity contribution < 1.29 is 17.7 Å². The van der Waals surface area contributed by atoms with E-state index >= 15 is 0 Å². The van der Waals surface area contributed by atoms with Crippen LogP contribution in [0.15, 0.2) is 27.6 Å². The fraction of sp³-hybridized carbons (Fsp3) is 0.471. The van der Waals surface area contributed by atoms with Gasteiger partial charge in [0.2, 0.25) is 0 Å². The Morgan fingerprint density at radius 3 is 2.56 bits per heavy atom. The number of benzene rings is 1. The van der Waals surface area contributed by atoms with Crippen LogP contribution in [0.3, 0.4) is 0 Å². The second-order valence-corrected chi connectivity index (χ2v) is 8.19. The Bertz CT molecular complexity index is 881. The van der Waals surface area contributed by atoms with Crippen LogP contribution in [-0.4, -0.2) is 46.4 Å². The molecule has 4 rings (SSSR count). The van der Waals surface area contributed by atoms with Crippen LogP contribution in [0.2, 0.25) is 0 Å². The summed E-state index contributed by atoms with van der Waals surface area (Å²) in [5.41, 5.74) is 3.32. The van der Waals surface area contributed by atoms with Crippen molar-refractivity contribution in [1.29, 1.82) is 0 Å². The van der Waals surface area contributed by atoms with Gasteiger partial charge in [0.15, 0.2) is 10.7 Å². The third-order valence-corrected chi connectivity index (χ3v) is 6.87. The zero-order chi connectivity index (χ0) is 17.6. The van der Waals surface area contributed by atoms with Gasteiger partial charge in [-0.2, -0.15) is 0 Å². The fourth-order valence-electron chi connectivity index (χ4n) is 3.58. The van der Waals surface area contributed by atoms with E-state index in [2.05, 4.69) is 16.1 Å². The molecule has 1 aromatic heterocycles. The largest absolute Gasteiger partial charge is 0.378 e. The van der Waals surface area contributed by atoms with E-state index in [9.17, 15) is 8.42 Å². The monoisotopic (exact) mass is 363 g/mol. The van der Waals surface area contributed by atoms with E-state index in [-0.39, 0.29) is 4.90 Å². The molecule has 0 aliphatic carbocycles. The maximum absolute atomic E-state index is 13.1. The Labute approximate surface area is 147 Å². The van der Waals surface area contributed by atoms with Crippen molar-refractivity contribution in [1.82, 2.24) is 5.16 Å². The Balaban J connectivity index is 1.68. The lowest BCUT2D eigenvalue weighted by Gasteiger charge is -2.29. The summed E-state index contributed by atoms with van der Waals surface area (Å²) in [6.07, 6.45) is 0.704. The average Bonchev–Trinajstić information content (AvgIpc) is 3.19. The van der Waals surface area contributed by atoms with Gasteiger partial charge in [-0.3, -0.25) is 4.31 Å². The zero-order valence-corrected chi connectivity index (χ0v) is 15.2. The van der Waals surface area contributed by atoms with E-state index in [1.165, 1.54) is 4.31 Å². The lowest BCUT2D eigenvalue weighted by atomic mass is 10.1. The van der Waals surface area contributed by atoms with Gasteiger partial charge in [-0.05, 0) is 44.0 Å². The highest BCUT2D eigenvalue weighted by Gasteiger charge is 2.35. The average molecular weight is 363 g/mol. The number of sulfonamides is 1. The van der Waals surface area contributed by atoms with Gasteiger partial charge in [-0.15, -0.1) is 0 Å². The van der Waals surface area contributed by atoms with Gasteiger partial charge in [-0.1, -0.05) is 5.16 Å². The van der Waals surface area contributed by atoms with E-state index < -0.39 is 10.0 Å². The molecule has 0 saturated carbocycles. The minimum atomic E-state index is -3.66. The molecule has 2 aliphatic rings. The van der Waals surface area contributed by atoms with E-state index in [0.717, 1.165) is 43.2 Å². The number of hydrogen-bond donors (Lipinski definition) is 0. The van der Waals surface area contributed by atoms with E-state index in [1.54, 1.807) is 13.8 Å². The first-order valence-electron chi connectivity index (χ1n) is 8.40. The topological polar surface area (TPSA) is 75.9 Å². The number of anilines is 2. The Morgan fingerprint density at radius 2 is 1.88 bits per heavy atom. The molecule has 134 valence electrons. The molecule has 2 aromatic rings. The molecule has 25 heavy (non-hydrogen) atoms. The number of fused-ring (bicyclic) bond motifs is 1. The first-order chi connectivity index (χ1) is 12.0. The first kappa shape index (κ1) is 16.4. The Hall–Kier alpha value is -2.06. The van der Waals surface area contributed by atoms with Gasteiger partial charge < -0.3 is 14.2 Å². The second kappa shape index (κ2) is 6.03. The predicted octanol–water partition coefficient (Wildman–Crippen LogP) is 1.88. The Morgan fingerprint density at radius 1 is 1.12 bits per heavy atom. The van der Waals surface area contributed by atoms with E-state index in [4.69, 9.17) is 9.26 Å². The third kappa shape index (κ3) is 2.69. The zero-order valence-electron chi connectivity index (χ0n) is 14.4. The number of morpholine rings is 1. The van der Waals surface area contributed by atoms with Gasteiger partial charge in [0, 0.05) is 25.3 Å². The molecule has 0 N–H and O–H groups in total. The summed E-state index contributed by atoms with van der Waals surface area (Å²) in [6.45, 7) is 6.90. The first-order valence-corrected chi connectivity index (χ1v) is 9.84. The maximum Gasteiger partial charge on any atom is 0.269 e. The molecule has 0 atom stereocenters. The molecule has 1 aromatic carbocycles. The van der Waals surface area contributed by atoms with Crippen LogP contribution in [0.25, 0.3) is 0 Å². The number of nitrogens with zero attached hydrogens (tertiary/aromatic N) is 3. The minimum absolute atomic E-state index is 0.178. The van der Waals surface area contributed by atoms with Crippen LogP contribution in [-0.2, 0) is 21.2 Å². The quantitative estimate of drug-likeness (QED) is 0.829. The number of aryl methyl sites for hydroxylation is 2. The molecule has 0 unspecified atom stereocenters. The lowest BCUT2D eigenvalue weighted by molar-refractivity contribution is 0.122. The van der Waals surface area contributed by atoms with Crippen molar-refractivity contribution in [3.8, 4) is 0 Å². The normalized spacial score (nSPS) is 17.8. The van der Waals surface area contributed by atoms with Crippen molar-refractivity contribution in [2.24, 2.45) is 0 Å². The molecule has 3 heterocycles. The predicted molar refractivity (Wildman–Crippen MR) is 93.7 cm³/mol. The molecule has 0 radical (unpaired) electrons. The van der Waals surface area contributed by atoms with Crippen molar-refractivity contribution in [2.75, 3.05) is 42.1 Å². The summed E-state index contributed by atoms with van der Waals surface area (Å²) < 4.78 is 38.1. The summed E-state index contributed by atoms with van der Waals surface area (Å²) >= 11 is 0. The van der Waals surface area contributed by atoms with Crippen LogP contribution in [0.1, 0.15) is 17.0 Å². The summed E-state index contributed by atoms with van der Waals surface area (Å²) in [4.78, 5) is 2.45. The molecule has 1 saturated heterocycles. The molecule has 8 heteroatoms. The van der Waals surface area contributed by atoms with Gasteiger partial charge in [-0.25, -0.2) is 8.42 Å². The van der Waals surface area contributed by atoms with Crippen molar-refractivity contribution in [3.63, 3.8) is 0 Å². The van der Waals surface area contributed by atoms with Crippen LogP contribution < -0.4 is 9.21 Å². The highest BCUT2D eigenvalue weighted by atomic mass is 32.2. The van der Waals surface area contributed by atoms with Gasteiger partial charge in [0.05, 0.1) is 18.9 Å². The molecule has 0 amide bonds. The van der Waals surface area contributed by atoms with Crippen LogP contribution in [0.5, 0.6) is 0 Å². The SMILES string of the molecule is Cc1noc(C)c1S(=O)(=O)N1CCc2cc(N3CCOCC3)ccc21. The van der Waals surface area contributed by atoms with E-state index in [1.807, 2.05) is 12.1 Å². The third-order valence-electron chi connectivity index (χ3n) is 4.81. The molecular weight excluding hydrogens is 342 g/mol. The number of aromatic nitrogens is 1. The molecular formula is C17H21N3O4S. The molecule has 0 bridgehead atoms. The van der Waals surface area contributed by atoms with Crippen molar-refractivity contribution in [2.45, 2.75) is 25.2 Å². The van der Waals surface area contributed by atoms with Gasteiger partial charge in [0.25, 0.3) is 10.0 Å². The summed E-state index contributed by atoms with van der Waals surface area (Å²) in [5.74, 6) is 0.330. The summed E-state index contributed by atoms with van der Waals surface area (Å²) in [6, 6.07) is 6.00. The van der Waals surface area contributed by atoms with E-state index in [0.29, 0.717) is 24.4 Å². The highest BCUT2D eigenvalue weighted by molar-refractivity contribution is 7.93. The summed E-state index contributed by atoms with van der Waals surface area (Å²) in [7, 11) is -3.66. The minimum Gasteiger partial charge on any atom is -0.378 e. The second-order valence-electron chi connectivity index (χ2n) is 6.39. The number of hydrogen-bond acceptors (Lipinski definition) is 6. The Kier molecular flexibility index (Phi) is 3.96. The maximum atomic E-state index is 13.1. The molecule has 7 nitrogen and oxygen atoms in total. The van der Waals surface area contributed by atoms with Crippen LogP contribution in [0, 0.1) is 13.8 Å². The summed E-state index contributed by atoms with van der Waals surface area (Å²) in [5, 5.41) is 3.79. The lowest BCUT2D eigenvalue weighted by Crippen LogP contribution is -2.36. The molecule has 2 aliphatic heterocycles. The van der Waals surface area contributed by atoms with Gasteiger partial charge >= 0.3 is 0 Å². The van der Waals surface area contributed by atoms with Crippen LogP contribution in [0.4, 0.5) is 11.4 Å². The van der Waals surface area contributed by atoms with Crippen LogP contribution >= 0.6 is 0 Å².